The van der Waals surface area contributed by atoms with Crippen LogP contribution in [-0.4, -0.2) is 23.1 Å². The van der Waals surface area contributed by atoms with E-state index < -0.39 is 6.10 Å². The number of ether oxygens (including phenoxy) is 2. The second-order valence-electron chi connectivity index (χ2n) is 4.94. The average Bonchev–Trinajstić information content (AvgIpc) is 3.03. The van der Waals surface area contributed by atoms with Crippen LogP contribution in [0.3, 0.4) is 0 Å². The molecule has 1 aromatic carbocycles. The molecule has 106 valence electrons. The predicted molar refractivity (Wildman–Crippen MR) is 75.7 cm³/mol. The van der Waals surface area contributed by atoms with Gasteiger partial charge in [0.25, 0.3) is 0 Å². The normalized spacial score (nSPS) is 14.3. The molecule has 1 aliphatic heterocycles. The molecule has 0 spiro atoms. The lowest BCUT2D eigenvalue weighted by molar-refractivity contribution is 0.173. The summed E-state index contributed by atoms with van der Waals surface area (Å²) in [5.41, 5.74) is 6.25. The smallest absolute Gasteiger partial charge is 0.231 e. The Bertz CT molecular complexity index is 602. The molecular weight excluding hydrogens is 256 g/mol. The van der Waals surface area contributed by atoms with E-state index in [1.807, 2.05) is 48.9 Å². The number of hydrogen-bond acceptors (Lipinski definition) is 4. The van der Waals surface area contributed by atoms with E-state index in [1.165, 1.54) is 0 Å². The van der Waals surface area contributed by atoms with Gasteiger partial charge in [0.05, 0.1) is 12.6 Å². The summed E-state index contributed by atoms with van der Waals surface area (Å²) in [6.45, 7) is 4.71. The van der Waals surface area contributed by atoms with Crippen LogP contribution in [0.1, 0.15) is 23.1 Å². The van der Waals surface area contributed by atoms with Crippen LogP contribution in [0.25, 0.3) is 0 Å². The standard InChI is InChI=1S/C15H18N2O3/c1-10-3-4-11(2)17(10)16-8-13(18)12-5-6-14-15(7-12)20-9-19-14/h3-7,13,16,18H,8-9H2,1-2H3. The monoisotopic (exact) mass is 274 g/mol. The quantitative estimate of drug-likeness (QED) is 0.896. The highest BCUT2D eigenvalue weighted by atomic mass is 16.7. The first-order valence-electron chi connectivity index (χ1n) is 6.61. The summed E-state index contributed by atoms with van der Waals surface area (Å²) in [6, 6.07) is 9.58. The van der Waals surface area contributed by atoms with Crippen molar-refractivity contribution >= 4 is 0 Å². The molecule has 5 nitrogen and oxygen atoms in total. The summed E-state index contributed by atoms with van der Waals surface area (Å²) < 4.78 is 12.5. The Labute approximate surface area is 117 Å². The van der Waals surface area contributed by atoms with Crippen molar-refractivity contribution in [2.24, 2.45) is 0 Å². The summed E-state index contributed by atoms with van der Waals surface area (Å²) in [4.78, 5) is 0. The number of nitrogens with one attached hydrogen (secondary N) is 1. The fourth-order valence-corrected chi connectivity index (χ4v) is 2.33. The molecule has 0 saturated carbocycles. The van der Waals surface area contributed by atoms with Gasteiger partial charge in [-0.3, -0.25) is 4.68 Å². The molecule has 0 aliphatic carbocycles. The maximum absolute atomic E-state index is 10.3. The third-order valence-electron chi connectivity index (χ3n) is 3.50. The van der Waals surface area contributed by atoms with Crippen molar-refractivity contribution in [3.8, 4) is 11.5 Å². The first-order chi connectivity index (χ1) is 9.65. The van der Waals surface area contributed by atoms with Gasteiger partial charge in [0, 0.05) is 11.4 Å². The van der Waals surface area contributed by atoms with E-state index in [4.69, 9.17) is 9.47 Å². The van der Waals surface area contributed by atoms with Gasteiger partial charge in [0.2, 0.25) is 6.79 Å². The van der Waals surface area contributed by atoms with E-state index in [1.54, 1.807) is 0 Å². The van der Waals surface area contributed by atoms with E-state index in [2.05, 4.69) is 5.43 Å². The zero-order valence-electron chi connectivity index (χ0n) is 11.6. The third-order valence-corrected chi connectivity index (χ3v) is 3.50. The van der Waals surface area contributed by atoms with E-state index in [0.29, 0.717) is 12.3 Å². The predicted octanol–water partition coefficient (Wildman–Crippen LogP) is 2.11. The molecule has 3 rings (SSSR count). The molecule has 0 radical (unpaired) electrons. The highest BCUT2D eigenvalue weighted by molar-refractivity contribution is 5.45. The molecule has 5 heteroatoms. The summed E-state index contributed by atoms with van der Waals surface area (Å²) >= 11 is 0. The number of nitrogens with zero attached hydrogens (tertiary/aromatic N) is 1. The first kappa shape index (κ1) is 12.9. The molecule has 1 unspecified atom stereocenters. The van der Waals surface area contributed by atoms with Gasteiger partial charge in [-0.2, -0.15) is 0 Å². The highest BCUT2D eigenvalue weighted by Crippen LogP contribution is 2.34. The highest BCUT2D eigenvalue weighted by Gasteiger charge is 2.16. The summed E-state index contributed by atoms with van der Waals surface area (Å²) in [5, 5.41) is 10.3. The summed E-state index contributed by atoms with van der Waals surface area (Å²) in [7, 11) is 0. The number of hydrogen-bond donors (Lipinski definition) is 2. The summed E-state index contributed by atoms with van der Waals surface area (Å²) in [6.07, 6.45) is -0.606. The Morgan fingerprint density at radius 3 is 2.60 bits per heavy atom. The SMILES string of the molecule is Cc1ccc(C)n1NCC(O)c1ccc2c(c1)OCO2. The maximum Gasteiger partial charge on any atom is 0.231 e. The van der Waals surface area contributed by atoms with Crippen molar-refractivity contribution in [2.45, 2.75) is 20.0 Å². The van der Waals surface area contributed by atoms with E-state index >= 15 is 0 Å². The van der Waals surface area contributed by atoms with Crippen LogP contribution in [0.2, 0.25) is 0 Å². The van der Waals surface area contributed by atoms with Crippen LogP contribution in [0.5, 0.6) is 11.5 Å². The molecule has 0 fully saturated rings. The second-order valence-corrected chi connectivity index (χ2v) is 4.94. The fraction of sp³-hybridized carbons (Fsp3) is 0.333. The topological polar surface area (TPSA) is 55.7 Å². The Hall–Kier alpha value is -2.14. The lowest BCUT2D eigenvalue weighted by atomic mass is 10.1. The molecule has 0 bridgehead atoms. The first-order valence-corrected chi connectivity index (χ1v) is 6.61. The Balaban J connectivity index is 1.69. The van der Waals surface area contributed by atoms with Crippen LogP contribution in [-0.2, 0) is 0 Å². The lowest BCUT2D eigenvalue weighted by Crippen LogP contribution is -2.23. The minimum atomic E-state index is -0.606. The van der Waals surface area contributed by atoms with E-state index in [-0.39, 0.29) is 6.79 Å². The van der Waals surface area contributed by atoms with Crippen LogP contribution in [0, 0.1) is 13.8 Å². The molecule has 2 N–H and O–H groups in total. The van der Waals surface area contributed by atoms with Gasteiger partial charge in [-0.15, -0.1) is 0 Å². The Kier molecular flexibility index (Phi) is 3.28. The minimum absolute atomic E-state index is 0.245. The molecule has 1 aliphatic rings. The van der Waals surface area contributed by atoms with Gasteiger partial charge in [-0.1, -0.05) is 6.07 Å². The molecular formula is C15H18N2O3. The second kappa shape index (κ2) is 5.09. The van der Waals surface area contributed by atoms with Crippen molar-refractivity contribution in [2.75, 3.05) is 18.8 Å². The number of fused-ring (bicyclic) bond motifs is 1. The van der Waals surface area contributed by atoms with Crippen LogP contribution in [0.4, 0.5) is 0 Å². The van der Waals surface area contributed by atoms with Crippen molar-refractivity contribution in [1.82, 2.24) is 4.68 Å². The van der Waals surface area contributed by atoms with Gasteiger partial charge < -0.3 is 20.0 Å². The van der Waals surface area contributed by atoms with Gasteiger partial charge in [0.1, 0.15) is 0 Å². The zero-order valence-corrected chi connectivity index (χ0v) is 11.6. The zero-order chi connectivity index (χ0) is 14.1. The molecule has 1 atom stereocenters. The number of aliphatic hydroxyl groups is 1. The van der Waals surface area contributed by atoms with Crippen molar-refractivity contribution < 1.29 is 14.6 Å². The maximum atomic E-state index is 10.3. The fourth-order valence-electron chi connectivity index (χ4n) is 2.33. The number of aliphatic hydroxyl groups excluding tert-OH is 1. The molecule has 1 aromatic heterocycles. The van der Waals surface area contributed by atoms with E-state index in [0.717, 1.165) is 22.7 Å². The molecule has 0 amide bonds. The van der Waals surface area contributed by atoms with Crippen LogP contribution < -0.4 is 14.9 Å². The molecule has 20 heavy (non-hydrogen) atoms. The van der Waals surface area contributed by atoms with Gasteiger partial charge in [-0.25, -0.2) is 0 Å². The van der Waals surface area contributed by atoms with Gasteiger partial charge >= 0.3 is 0 Å². The van der Waals surface area contributed by atoms with Crippen molar-refractivity contribution in [3.05, 3.63) is 47.3 Å². The largest absolute Gasteiger partial charge is 0.454 e. The number of rotatable bonds is 4. The number of benzene rings is 1. The average molecular weight is 274 g/mol. The van der Waals surface area contributed by atoms with Crippen molar-refractivity contribution in [1.29, 1.82) is 0 Å². The lowest BCUT2D eigenvalue weighted by Gasteiger charge is -2.17. The summed E-state index contributed by atoms with van der Waals surface area (Å²) in [5.74, 6) is 1.42. The number of aromatic nitrogens is 1. The minimum Gasteiger partial charge on any atom is -0.454 e. The van der Waals surface area contributed by atoms with Crippen molar-refractivity contribution in [3.63, 3.8) is 0 Å². The molecule has 2 aromatic rings. The third kappa shape index (κ3) is 2.32. The number of aryl methyl sites for hydroxylation is 2. The molecule has 2 heterocycles. The Morgan fingerprint density at radius 1 is 1.15 bits per heavy atom. The Morgan fingerprint density at radius 2 is 1.85 bits per heavy atom. The molecule has 0 saturated heterocycles. The van der Waals surface area contributed by atoms with Gasteiger partial charge in [0.15, 0.2) is 11.5 Å². The van der Waals surface area contributed by atoms with Crippen LogP contribution in [0.15, 0.2) is 30.3 Å². The van der Waals surface area contributed by atoms with Crippen LogP contribution >= 0.6 is 0 Å². The van der Waals surface area contributed by atoms with Gasteiger partial charge in [-0.05, 0) is 43.7 Å². The van der Waals surface area contributed by atoms with E-state index in [9.17, 15) is 5.11 Å².